The van der Waals surface area contributed by atoms with Crippen LogP contribution in [0.4, 0.5) is 0 Å². The lowest BCUT2D eigenvalue weighted by Gasteiger charge is -2.23. The van der Waals surface area contributed by atoms with Crippen LogP contribution in [0.1, 0.15) is 156 Å². The highest BCUT2D eigenvalue weighted by atomic mass is 35.5. The van der Waals surface area contributed by atoms with Crippen LogP contribution in [0.2, 0.25) is 0 Å². The summed E-state index contributed by atoms with van der Waals surface area (Å²) in [7, 11) is 0. The number of nitrogens with one attached hydrogen (secondary N) is 2. The van der Waals surface area contributed by atoms with E-state index in [0.717, 1.165) is 32.1 Å². The minimum absolute atomic E-state index is 0.0255. The number of hydrogen-bond acceptors (Lipinski definition) is 2. The molecule has 0 heterocycles. The van der Waals surface area contributed by atoms with E-state index in [0.29, 0.717) is 18.8 Å². The molecule has 0 bridgehead atoms. The quantitative estimate of drug-likeness (QED) is 0.0895. The molecule has 0 saturated heterocycles. The van der Waals surface area contributed by atoms with Gasteiger partial charge in [0.1, 0.15) is 6.04 Å². The zero-order chi connectivity index (χ0) is 26.0. The molecule has 0 aliphatic heterocycles. The maximum atomic E-state index is 12.7. The van der Waals surface area contributed by atoms with Crippen LogP contribution in [-0.4, -0.2) is 30.3 Å². The van der Waals surface area contributed by atoms with Crippen molar-refractivity contribution in [2.24, 2.45) is 5.92 Å². The summed E-state index contributed by atoms with van der Waals surface area (Å²) < 4.78 is 0. The molecular formula is C30H59ClN2O2. The highest BCUT2D eigenvalue weighted by molar-refractivity contribution is 6.17. The molecule has 0 aliphatic rings. The molecule has 2 N–H and O–H groups in total. The van der Waals surface area contributed by atoms with Gasteiger partial charge in [0.2, 0.25) is 11.8 Å². The molecule has 0 fully saturated rings. The zero-order valence-corrected chi connectivity index (χ0v) is 24.4. The maximum Gasteiger partial charge on any atom is 0.242 e. The number of rotatable bonds is 26. The van der Waals surface area contributed by atoms with Crippen LogP contribution >= 0.6 is 11.6 Å². The Bertz CT molecular complexity index is 487. The van der Waals surface area contributed by atoms with Crippen LogP contribution in [0.15, 0.2) is 0 Å². The van der Waals surface area contributed by atoms with Gasteiger partial charge in [-0.25, -0.2) is 0 Å². The predicted octanol–water partition coefficient (Wildman–Crippen LogP) is 8.69. The average molecular weight is 515 g/mol. The average Bonchev–Trinajstić information content (AvgIpc) is 2.86. The monoisotopic (exact) mass is 514 g/mol. The largest absolute Gasteiger partial charge is 0.354 e. The minimum Gasteiger partial charge on any atom is -0.354 e. The molecule has 5 heteroatoms. The molecule has 0 unspecified atom stereocenters. The lowest BCUT2D eigenvalue weighted by Crippen LogP contribution is -2.50. The number of halogens is 1. The van der Waals surface area contributed by atoms with Gasteiger partial charge in [-0.1, -0.05) is 130 Å². The van der Waals surface area contributed by atoms with Gasteiger partial charge in [-0.05, 0) is 25.2 Å². The van der Waals surface area contributed by atoms with E-state index in [2.05, 4.69) is 24.5 Å². The number of hydrogen-bond donors (Lipinski definition) is 2. The van der Waals surface area contributed by atoms with Crippen LogP contribution in [0.3, 0.4) is 0 Å². The van der Waals surface area contributed by atoms with Crippen molar-refractivity contribution in [1.29, 1.82) is 0 Å². The van der Waals surface area contributed by atoms with Gasteiger partial charge < -0.3 is 10.6 Å². The first-order valence-electron chi connectivity index (χ1n) is 15.2. The Morgan fingerprint density at radius 1 is 0.657 bits per heavy atom. The standard InChI is InChI=1S/C30H59ClN2O2/c1-4-6-7-8-9-10-11-12-13-14-15-16-17-18-19-23-26-32-30(35)29(27(3)5-2)33-28(34)24-21-20-22-25-31/h27,29H,4-26H2,1-3H3,(H,32,35)(H,33,34)/t27-,29-/m0/s1. The lowest BCUT2D eigenvalue weighted by molar-refractivity contribution is -0.130. The fourth-order valence-electron chi connectivity index (χ4n) is 4.50. The molecule has 0 aliphatic carbocycles. The fourth-order valence-corrected chi connectivity index (χ4v) is 4.69. The molecule has 0 rings (SSSR count). The molecule has 0 aromatic rings. The van der Waals surface area contributed by atoms with Crippen LogP contribution in [0.5, 0.6) is 0 Å². The van der Waals surface area contributed by atoms with Crippen molar-refractivity contribution in [2.45, 2.75) is 162 Å². The van der Waals surface area contributed by atoms with Crippen LogP contribution in [-0.2, 0) is 9.59 Å². The molecule has 0 aromatic carbocycles. The van der Waals surface area contributed by atoms with Gasteiger partial charge in [0.05, 0.1) is 0 Å². The summed E-state index contributed by atoms with van der Waals surface area (Å²) in [5.74, 6) is 0.711. The van der Waals surface area contributed by atoms with Crippen molar-refractivity contribution in [3.8, 4) is 0 Å². The summed E-state index contributed by atoms with van der Waals surface area (Å²) >= 11 is 5.69. The summed E-state index contributed by atoms with van der Waals surface area (Å²) in [6, 6.07) is -0.429. The smallest absolute Gasteiger partial charge is 0.242 e. The lowest BCUT2D eigenvalue weighted by atomic mass is 9.98. The Morgan fingerprint density at radius 3 is 1.57 bits per heavy atom. The molecular weight excluding hydrogens is 456 g/mol. The summed E-state index contributed by atoms with van der Waals surface area (Å²) in [4.78, 5) is 24.9. The van der Waals surface area contributed by atoms with Crippen molar-refractivity contribution in [1.82, 2.24) is 10.6 Å². The van der Waals surface area contributed by atoms with E-state index in [4.69, 9.17) is 11.6 Å². The minimum atomic E-state index is -0.429. The molecule has 35 heavy (non-hydrogen) atoms. The Balaban J connectivity index is 3.69. The van der Waals surface area contributed by atoms with E-state index >= 15 is 0 Å². The van der Waals surface area contributed by atoms with Gasteiger partial charge in [0.25, 0.3) is 0 Å². The Hall–Kier alpha value is -0.770. The first-order chi connectivity index (χ1) is 17.1. The van der Waals surface area contributed by atoms with Crippen molar-refractivity contribution in [2.75, 3.05) is 12.4 Å². The number of unbranched alkanes of at least 4 members (excludes halogenated alkanes) is 17. The third-order valence-corrected chi connectivity index (χ3v) is 7.45. The molecule has 0 radical (unpaired) electrons. The molecule has 208 valence electrons. The van der Waals surface area contributed by atoms with E-state index in [1.54, 1.807) is 0 Å². The first-order valence-corrected chi connectivity index (χ1v) is 15.7. The molecule has 4 nitrogen and oxygen atoms in total. The third-order valence-electron chi connectivity index (χ3n) is 7.18. The van der Waals surface area contributed by atoms with Gasteiger partial charge in [-0.2, -0.15) is 0 Å². The second-order valence-corrected chi connectivity index (χ2v) is 10.9. The molecule has 0 spiro atoms. The van der Waals surface area contributed by atoms with E-state index in [1.165, 1.54) is 96.3 Å². The number of amides is 2. The highest BCUT2D eigenvalue weighted by Crippen LogP contribution is 2.14. The second-order valence-electron chi connectivity index (χ2n) is 10.5. The Morgan fingerprint density at radius 2 is 1.11 bits per heavy atom. The summed E-state index contributed by atoms with van der Waals surface area (Å²) in [6.07, 6.45) is 25.6. The van der Waals surface area contributed by atoms with Crippen LogP contribution in [0.25, 0.3) is 0 Å². The van der Waals surface area contributed by atoms with Gasteiger partial charge >= 0.3 is 0 Å². The zero-order valence-electron chi connectivity index (χ0n) is 23.6. The van der Waals surface area contributed by atoms with Crippen molar-refractivity contribution in [3.63, 3.8) is 0 Å². The topological polar surface area (TPSA) is 58.2 Å². The van der Waals surface area contributed by atoms with Gasteiger partial charge in [-0.3, -0.25) is 9.59 Å². The molecule has 0 aromatic heterocycles. The Labute approximate surface area is 223 Å². The highest BCUT2D eigenvalue weighted by Gasteiger charge is 2.25. The van der Waals surface area contributed by atoms with E-state index in [1.807, 2.05) is 6.92 Å². The second kappa shape index (κ2) is 26.3. The van der Waals surface area contributed by atoms with Gasteiger partial charge in [0.15, 0.2) is 0 Å². The summed E-state index contributed by atoms with van der Waals surface area (Å²) in [5, 5.41) is 6.03. The third kappa shape index (κ3) is 22.2. The van der Waals surface area contributed by atoms with E-state index in [-0.39, 0.29) is 17.7 Å². The first kappa shape index (κ1) is 34.2. The summed E-state index contributed by atoms with van der Waals surface area (Å²) in [5.41, 5.74) is 0. The predicted molar refractivity (Wildman–Crippen MR) is 153 cm³/mol. The number of alkyl halides is 1. The fraction of sp³-hybridized carbons (Fsp3) is 0.933. The maximum absolute atomic E-state index is 12.7. The van der Waals surface area contributed by atoms with Gasteiger partial charge in [-0.15, -0.1) is 11.6 Å². The van der Waals surface area contributed by atoms with Crippen molar-refractivity contribution >= 4 is 23.4 Å². The number of carbonyl (C=O) groups is 2. The van der Waals surface area contributed by atoms with Crippen LogP contribution < -0.4 is 10.6 Å². The molecule has 0 saturated carbocycles. The normalized spacial score (nSPS) is 12.9. The summed E-state index contributed by atoms with van der Waals surface area (Å²) in [6.45, 7) is 7.08. The molecule has 2 atom stereocenters. The molecule has 2 amide bonds. The van der Waals surface area contributed by atoms with Gasteiger partial charge in [0, 0.05) is 18.8 Å². The number of carbonyl (C=O) groups excluding carboxylic acids is 2. The van der Waals surface area contributed by atoms with E-state index in [9.17, 15) is 9.59 Å². The van der Waals surface area contributed by atoms with Crippen molar-refractivity contribution in [3.05, 3.63) is 0 Å². The Kier molecular flexibility index (Phi) is 25.7. The van der Waals surface area contributed by atoms with E-state index < -0.39 is 6.04 Å². The van der Waals surface area contributed by atoms with Crippen LogP contribution in [0, 0.1) is 5.92 Å². The van der Waals surface area contributed by atoms with Crippen molar-refractivity contribution < 1.29 is 9.59 Å². The SMILES string of the molecule is CCCCCCCCCCCCCCCCCCNC(=O)[C@@H](NC(=O)CCCCCCl)[C@@H](C)CC.